The molecule has 23 heavy (non-hydrogen) atoms. The number of nitrogens with two attached hydrogens (primary N) is 1. The summed E-state index contributed by atoms with van der Waals surface area (Å²) in [6.07, 6.45) is 0. The number of benzene rings is 2. The first-order chi connectivity index (χ1) is 11.2. The van der Waals surface area contributed by atoms with Crippen LogP contribution in [-0.2, 0) is 4.79 Å². The lowest BCUT2D eigenvalue weighted by Crippen LogP contribution is -2.14. The average molecular weight is 345 g/mol. The van der Waals surface area contributed by atoms with Crippen molar-refractivity contribution in [1.82, 2.24) is 4.98 Å². The van der Waals surface area contributed by atoms with Crippen LogP contribution in [0.2, 0.25) is 0 Å². The molecule has 0 saturated heterocycles. The third-order valence-corrected chi connectivity index (χ3v) is 5.26. The maximum Gasteiger partial charge on any atom is 0.234 e. The first-order valence-corrected chi connectivity index (χ1v) is 8.67. The molecule has 118 valence electrons. The highest BCUT2D eigenvalue weighted by molar-refractivity contribution is 8.01. The number of amides is 1. The number of methoxy groups -OCH3 is 1. The van der Waals surface area contributed by atoms with Crippen molar-refractivity contribution in [2.75, 3.05) is 23.9 Å². The van der Waals surface area contributed by atoms with Crippen molar-refractivity contribution in [3.05, 3.63) is 42.5 Å². The van der Waals surface area contributed by atoms with Gasteiger partial charge in [-0.05, 0) is 30.3 Å². The number of nitrogens with zero attached hydrogens (tertiary/aromatic N) is 1. The summed E-state index contributed by atoms with van der Waals surface area (Å²) in [6.45, 7) is 0. The number of aromatic nitrogens is 1. The molecule has 0 aliphatic rings. The number of fused-ring (bicyclic) bond motifs is 1. The summed E-state index contributed by atoms with van der Waals surface area (Å²) in [5.41, 5.74) is 8.04. The third kappa shape index (κ3) is 3.75. The van der Waals surface area contributed by atoms with Crippen LogP contribution in [0.3, 0.4) is 0 Å². The molecule has 3 rings (SSSR count). The van der Waals surface area contributed by atoms with E-state index >= 15 is 0 Å². The zero-order valence-corrected chi connectivity index (χ0v) is 14.0. The average Bonchev–Trinajstić information content (AvgIpc) is 2.95. The van der Waals surface area contributed by atoms with Crippen molar-refractivity contribution in [3.8, 4) is 5.75 Å². The van der Waals surface area contributed by atoms with Gasteiger partial charge in [-0.1, -0.05) is 23.9 Å². The molecule has 5 nitrogen and oxygen atoms in total. The normalized spacial score (nSPS) is 10.7. The van der Waals surface area contributed by atoms with E-state index in [0.717, 1.165) is 14.6 Å². The number of ether oxygens (including phenoxy) is 1. The molecule has 7 heteroatoms. The van der Waals surface area contributed by atoms with E-state index in [1.807, 2.05) is 36.4 Å². The number of thiazole rings is 1. The summed E-state index contributed by atoms with van der Waals surface area (Å²) >= 11 is 2.94. The quantitative estimate of drug-likeness (QED) is 0.545. The molecule has 1 amide bonds. The molecule has 3 aromatic rings. The first kappa shape index (κ1) is 15.6. The number of hydrogen-bond acceptors (Lipinski definition) is 6. The van der Waals surface area contributed by atoms with Crippen molar-refractivity contribution in [2.24, 2.45) is 0 Å². The smallest absolute Gasteiger partial charge is 0.234 e. The summed E-state index contributed by atoms with van der Waals surface area (Å²) < 4.78 is 7.09. The van der Waals surface area contributed by atoms with Gasteiger partial charge in [-0.3, -0.25) is 4.79 Å². The van der Waals surface area contributed by atoms with Crippen molar-refractivity contribution in [3.63, 3.8) is 0 Å². The largest absolute Gasteiger partial charge is 0.495 e. The van der Waals surface area contributed by atoms with E-state index < -0.39 is 0 Å². The van der Waals surface area contributed by atoms with Crippen LogP contribution in [0.1, 0.15) is 0 Å². The molecule has 0 aliphatic carbocycles. The SMILES string of the molecule is COc1ccccc1NC(=O)CSc1nc2ccc(N)cc2s1. The standard InChI is InChI=1S/C16H15N3O2S2/c1-21-13-5-3-2-4-11(13)18-15(20)9-22-16-19-12-7-6-10(17)8-14(12)23-16/h2-8H,9,17H2,1H3,(H,18,20). The summed E-state index contributed by atoms with van der Waals surface area (Å²) in [7, 11) is 1.58. The van der Waals surface area contributed by atoms with Gasteiger partial charge in [-0.15, -0.1) is 11.3 Å². The van der Waals surface area contributed by atoms with Crippen molar-refractivity contribution in [1.29, 1.82) is 0 Å². The van der Waals surface area contributed by atoms with Crippen molar-refractivity contribution < 1.29 is 9.53 Å². The number of carbonyl (C=O) groups is 1. The monoisotopic (exact) mass is 345 g/mol. The Hall–Kier alpha value is -2.25. The van der Waals surface area contributed by atoms with Gasteiger partial charge in [0.15, 0.2) is 4.34 Å². The number of para-hydroxylation sites is 2. The van der Waals surface area contributed by atoms with Crippen LogP contribution in [0.15, 0.2) is 46.8 Å². The molecular weight excluding hydrogens is 330 g/mol. The number of carbonyl (C=O) groups excluding carboxylic acids is 1. The molecule has 3 N–H and O–H groups in total. The van der Waals surface area contributed by atoms with Gasteiger partial charge in [0, 0.05) is 5.69 Å². The second kappa shape index (κ2) is 6.89. The minimum atomic E-state index is -0.0988. The number of anilines is 2. The highest BCUT2D eigenvalue weighted by atomic mass is 32.2. The second-order valence-electron chi connectivity index (χ2n) is 4.74. The molecule has 0 atom stereocenters. The van der Waals surface area contributed by atoms with Crippen molar-refractivity contribution >= 4 is 50.6 Å². The van der Waals surface area contributed by atoms with Gasteiger partial charge in [0.25, 0.3) is 0 Å². The van der Waals surface area contributed by atoms with Gasteiger partial charge >= 0.3 is 0 Å². The number of hydrogen-bond donors (Lipinski definition) is 2. The molecule has 1 heterocycles. The molecule has 0 radical (unpaired) electrons. The lowest BCUT2D eigenvalue weighted by atomic mass is 10.3. The van der Waals surface area contributed by atoms with E-state index in [4.69, 9.17) is 10.5 Å². The minimum Gasteiger partial charge on any atom is -0.495 e. The fourth-order valence-electron chi connectivity index (χ4n) is 2.04. The summed E-state index contributed by atoms with van der Waals surface area (Å²) in [5.74, 6) is 0.826. The molecule has 0 unspecified atom stereocenters. The van der Waals surface area contributed by atoms with Crippen LogP contribution in [0.4, 0.5) is 11.4 Å². The number of thioether (sulfide) groups is 1. The van der Waals surface area contributed by atoms with Crippen LogP contribution >= 0.6 is 23.1 Å². The van der Waals surface area contributed by atoms with Gasteiger partial charge in [0.1, 0.15) is 5.75 Å². The van der Waals surface area contributed by atoms with E-state index in [0.29, 0.717) is 17.1 Å². The Morgan fingerprint density at radius 2 is 2.17 bits per heavy atom. The lowest BCUT2D eigenvalue weighted by molar-refractivity contribution is -0.113. The number of nitrogens with one attached hydrogen (secondary N) is 1. The molecule has 0 aliphatic heterocycles. The zero-order chi connectivity index (χ0) is 16.2. The van der Waals surface area contributed by atoms with Gasteiger partial charge in [0.05, 0.1) is 28.8 Å². The highest BCUT2D eigenvalue weighted by Crippen LogP contribution is 2.31. The topological polar surface area (TPSA) is 77.2 Å². The van der Waals surface area contributed by atoms with Gasteiger partial charge in [-0.25, -0.2) is 4.98 Å². The van der Waals surface area contributed by atoms with Crippen LogP contribution in [-0.4, -0.2) is 23.8 Å². The number of nitrogen functional groups attached to an aromatic ring is 1. The summed E-state index contributed by atoms with van der Waals surface area (Å²) in [4.78, 5) is 16.6. The molecule has 0 saturated carbocycles. The van der Waals surface area contributed by atoms with Crippen LogP contribution in [0.5, 0.6) is 5.75 Å². The van der Waals surface area contributed by atoms with Gasteiger partial charge in [0.2, 0.25) is 5.91 Å². The molecule has 1 aromatic heterocycles. The Kier molecular flexibility index (Phi) is 4.68. The summed E-state index contributed by atoms with van der Waals surface area (Å²) in [6, 6.07) is 12.9. The Bertz CT molecular complexity index is 848. The number of rotatable bonds is 5. The fraction of sp³-hybridized carbons (Fsp3) is 0.125. The minimum absolute atomic E-state index is 0.0988. The Morgan fingerprint density at radius 3 is 3.00 bits per heavy atom. The maximum atomic E-state index is 12.1. The van der Waals surface area contributed by atoms with E-state index in [2.05, 4.69) is 10.3 Å². The lowest BCUT2D eigenvalue weighted by Gasteiger charge is -2.09. The molecule has 0 fully saturated rings. The van der Waals surface area contributed by atoms with Crippen molar-refractivity contribution in [2.45, 2.75) is 4.34 Å². The van der Waals surface area contributed by atoms with Gasteiger partial charge < -0.3 is 15.8 Å². The van der Waals surface area contributed by atoms with Crippen LogP contribution < -0.4 is 15.8 Å². The van der Waals surface area contributed by atoms with E-state index in [9.17, 15) is 4.79 Å². The fourth-order valence-corrected chi connectivity index (χ4v) is 3.96. The molecule has 0 spiro atoms. The Labute approximate surface area is 141 Å². The second-order valence-corrected chi connectivity index (χ2v) is 7.00. The third-order valence-electron chi connectivity index (χ3n) is 3.10. The van der Waals surface area contributed by atoms with E-state index in [1.54, 1.807) is 13.2 Å². The van der Waals surface area contributed by atoms with Crippen LogP contribution in [0, 0.1) is 0 Å². The highest BCUT2D eigenvalue weighted by Gasteiger charge is 2.10. The molecular formula is C16H15N3O2S2. The van der Waals surface area contributed by atoms with E-state index in [-0.39, 0.29) is 11.7 Å². The summed E-state index contributed by atoms with van der Waals surface area (Å²) in [5, 5.41) is 2.85. The Morgan fingerprint density at radius 1 is 1.35 bits per heavy atom. The predicted molar refractivity (Wildman–Crippen MR) is 96.4 cm³/mol. The first-order valence-electron chi connectivity index (χ1n) is 6.87. The molecule has 0 bridgehead atoms. The predicted octanol–water partition coefficient (Wildman–Crippen LogP) is 3.62. The van der Waals surface area contributed by atoms with Gasteiger partial charge in [-0.2, -0.15) is 0 Å². The zero-order valence-electron chi connectivity index (χ0n) is 12.4. The Balaban J connectivity index is 1.63. The molecule has 2 aromatic carbocycles. The maximum absolute atomic E-state index is 12.1. The van der Waals surface area contributed by atoms with Crippen LogP contribution in [0.25, 0.3) is 10.2 Å². The van der Waals surface area contributed by atoms with E-state index in [1.165, 1.54) is 23.1 Å².